The molecule has 1 aromatic rings. The molecule has 0 unspecified atom stereocenters. The van der Waals surface area contributed by atoms with E-state index in [1.54, 1.807) is 26.0 Å². The lowest BCUT2D eigenvalue weighted by Gasteiger charge is -2.19. The standard InChI is InChI=1S/C15H20BrF2NO4/c1-15(2,13(20)21)4-5-19-8-9-6-10(16)12(23-14(17)18)11(7-9)22-3/h6-7,14,19H,4-5,8H2,1-3H3,(H,20,21). The van der Waals surface area contributed by atoms with E-state index in [0.717, 1.165) is 5.56 Å². The van der Waals surface area contributed by atoms with Crippen LogP contribution in [0, 0.1) is 5.41 Å². The maximum atomic E-state index is 12.4. The molecule has 2 N–H and O–H groups in total. The number of alkyl halides is 2. The van der Waals surface area contributed by atoms with E-state index in [-0.39, 0.29) is 11.5 Å². The Hall–Kier alpha value is -1.41. The summed E-state index contributed by atoms with van der Waals surface area (Å²) in [5.74, 6) is -0.710. The monoisotopic (exact) mass is 395 g/mol. The third-order valence-electron chi connectivity index (χ3n) is 3.33. The molecule has 0 amide bonds. The zero-order chi connectivity index (χ0) is 17.6. The summed E-state index contributed by atoms with van der Waals surface area (Å²) in [6.45, 7) is 1.33. The van der Waals surface area contributed by atoms with Gasteiger partial charge < -0.3 is 19.9 Å². The minimum Gasteiger partial charge on any atom is -0.493 e. The predicted molar refractivity (Wildman–Crippen MR) is 85.1 cm³/mol. The second-order valence-corrected chi connectivity index (χ2v) is 6.46. The highest BCUT2D eigenvalue weighted by atomic mass is 79.9. The van der Waals surface area contributed by atoms with Gasteiger partial charge in [0.25, 0.3) is 0 Å². The smallest absolute Gasteiger partial charge is 0.387 e. The molecule has 0 saturated heterocycles. The van der Waals surface area contributed by atoms with Gasteiger partial charge in [-0.05, 0) is 60.4 Å². The molecule has 0 aliphatic carbocycles. The van der Waals surface area contributed by atoms with E-state index in [4.69, 9.17) is 9.84 Å². The lowest BCUT2D eigenvalue weighted by atomic mass is 9.90. The number of hydrogen-bond donors (Lipinski definition) is 2. The second-order valence-electron chi connectivity index (χ2n) is 5.60. The Bertz CT molecular complexity index is 553. The number of rotatable bonds is 9. The van der Waals surface area contributed by atoms with E-state index in [0.29, 0.717) is 24.0 Å². The molecule has 23 heavy (non-hydrogen) atoms. The van der Waals surface area contributed by atoms with E-state index in [1.807, 2.05) is 0 Å². The number of carboxylic acid groups (broad SMARTS) is 1. The van der Waals surface area contributed by atoms with E-state index in [2.05, 4.69) is 26.0 Å². The number of hydrogen-bond acceptors (Lipinski definition) is 4. The minimum atomic E-state index is -2.94. The first-order chi connectivity index (χ1) is 10.7. The molecular weight excluding hydrogens is 376 g/mol. The summed E-state index contributed by atoms with van der Waals surface area (Å²) < 4.78 is 34.6. The van der Waals surface area contributed by atoms with Crippen LogP contribution < -0.4 is 14.8 Å². The Kier molecular flexibility index (Phi) is 7.21. The van der Waals surface area contributed by atoms with E-state index >= 15 is 0 Å². The van der Waals surface area contributed by atoms with Crippen LogP contribution in [0.25, 0.3) is 0 Å². The average Bonchev–Trinajstić information content (AvgIpc) is 2.45. The quantitative estimate of drug-likeness (QED) is 0.624. The van der Waals surface area contributed by atoms with Crippen LogP contribution in [0.2, 0.25) is 0 Å². The van der Waals surface area contributed by atoms with Crippen molar-refractivity contribution in [3.05, 3.63) is 22.2 Å². The van der Waals surface area contributed by atoms with Gasteiger partial charge in [0.15, 0.2) is 11.5 Å². The van der Waals surface area contributed by atoms with Gasteiger partial charge in [-0.1, -0.05) is 0 Å². The Balaban J connectivity index is 2.68. The fourth-order valence-electron chi connectivity index (χ4n) is 1.82. The SMILES string of the molecule is COc1cc(CNCCC(C)(C)C(=O)O)cc(Br)c1OC(F)F. The Morgan fingerprint density at radius 1 is 1.43 bits per heavy atom. The highest BCUT2D eigenvalue weighted by molar-refractivity contribution is 9.10. The number of carbonyl (C=O) groups is 1. The van der Waals surface area contributed by atoms with Crippen molar-refractivity contribution in [1.29, 1.82) is 0 Å². The summed E-state index contributed by atoms with van der Waals surface area (Å²) >= 11 is 3.18. The third kappa shape index (κ3) is 5.95. The van der Waals surface area contributed by atoms with Crippen molar-refractivity contribution in [3.63, 3.8) is 0 Å². The first kappa shape index (κ1) is 19.6. The number of ether oxygens (including phenoxy) is 2. The maximum Gasteiger partial charge on any atom is 0.387 e. The lowest BCUT2D eigenvalue weighted by molar-refractivity contribution is -0.147. The van der Waals surface area contributed by atoms with Gasteiger partial charge in [-0.25, -0.2) is 0 Å². The Morgan fingerprint density at radius 2 is 2.09 bits per heavy atom. The topological polar surface area (TPSA) is 67.8 Å². The summed E-state index contributed by atoms with van der Waals surface area (Å²) in [6.07, 6.45) is 0.465. The molecule has 8 heteroatoms. The first-order valence-electron chi connectivity index (χ1n) is 6.92. The molecule has 0 atom stereocenters. The van der Waals surface area contributed by atoms with Gasteiger partial charge in [0, 0.05) is 6.54 Å². The average molecular weight is 396 g/mol. The molecule has 0 bridgehead atoms. The normalized spacial score (nSPS) is 11.6. The Morgan fingerprint density at radius 3 is 2.61 bits per heavy atom. The summed E-state index contributed by atoms with van der Waals surface area (Å²) in [6, 6.07) is 3.24. The fraction of sp³-hybridized carbons (Fsp3) is 0.533. The molecule has 0 saturated carbocycles. The summed E-state index contributed by atoms with van der Waals surface area (Å²) in [5, 5.41) is 12.2. The highest BCUT2D eigenvalue weighted by Crippen LogP contribution is 2.37. The van der Waals surface area contributed by atoms with Gasteiger partial charge in [-0.3, -0.25) is 4.79 Å². The first-order valence-corrected chi connectivity index (χ1v) is 7.72. The van der Waals surface area contributed by atoms with Crippen LogP contribution in [0.5, 0.6) is 11.5 Å². The number of carboxylic acids is 1. The molecule has 0 aromatic heterocycles. The highest BCUT2D eigenvalue weighted by Gasteiger charge is 2.26. The molecule has 0 aliphatic rings. The Labute approximate surface area is 142 Å². The van der Waals surface area contributed by atoms with Crippen molar-refractivity contribution in [2.75, 3.05) is 13.7 Å². The maximum absolute atomic E-state index is 12.4. The molecular formula is C15H20BrF2NO4. The van der Waals surface area contributed by atoms with Crippen molar-refractivity contribution in [2.45, 2.75) is 33.4 Å². The van der Waals surface area contributed by atoms with Gasteiger partial charge in [-0.2, -0.15) is 8.78 Å². The van der Waals surface area contributed by atoms with E-state index < -0.39 is 18.0 Å². The number of benzene rings is 1. The van der Waals surface area contributed by atoms with Crippen molar-refractivity contribution in [1.82, 2.24) is 5.32 Å². The largest absolute Gasteiger partial charge is 0.493 e. The summed E-state index contributed by atoms with van der Waals surface area (Å²) in [7, 11) is 1.37. The number of nitrogens with one attached hydrogen (secondary N) is 1. The summed E-state index contributed by atoms with van der Waals surface area (Å²) in [5.41, 5.74) is -0.0104. The molecule has 0 heterocycles. The van der Waals surface area contributed by atoms with Crippen molar-refractivity contribution in [3.8, 4) is 11.5 Å². The zero-order valence-electron chi connectivity index (χ0n) is 13.2. The fourth-order valence-corrected chi connectivity index (χ4v) is 2.40. The molecule has 0 spiro atoms. The molecule has 0 radical (unpaired) electrons. The van der Waals surface area contributed by atoms with Crippen LogP contribution in [0.3, 0.4) is 0 Å². The number of methoxy groups -OCH3 is 1. The molecule has 0 fully saturated rings. The molecule has 0 aliphatic heterocycles. The molecule has 1 aromatic carbocycles. The lowest BCUT2D eigenvalue weighted by Crippen LogP contribution is -2.28. The van der Waals surface area contributed by atoms with Gasteiger partial charge >= 0.3 is 12.6 Å². The van der Waals surface area contributed by atoms with Crippen LogP contribution in [0.1, 0.15) is 25.8 Å². The third-order valence-corrected chi connectivity index (χ3v) is 3.92. The van der Waals surface area contributed by atoms with Crippen LogP contribution in [-0.4, -0.2) is 31.3 Å². The van der Waals surface area contributed by atoms with Gasteiger partial charge in [-0.15, -0.1) is 0 Å². The minimum absolute atomic E-state index is 0.0572. The van der Waals surface area contributed by atoms with Crippen LogP contribution >= 0.6 is 15.9 Å². The number of halogens is 3. The van der Waals surface area contributed by atoms with E-state index in [1.165, 1.54) is 7.11 Å². The van der Waals surface area contributed by atoms with E-state index in [9.17, 15) is 13.6 Å². The molecule has 130 valence electrons. The van der Waals surface area contributed by atoms with Crippen molar-refractivity contribution in [2.24, 2.45) is 5.41 Å². The van der Waals surface area contributed by atoms with Crippen molar-refractivity contribution < 1.29 is 28.2 Å². The summed E-state index contributed by atoms with van der Waals surface area (Å²) in [4.78, 5) is 11.0. The van der Waals surface area contributed by atoms with Gasteiger partial charge in [0.2, 0.25) is 0 Å². The van der Waals surface area contributed by atoms with Crippen LogP contribution in [0.4, 0.5) is 8.78 Å². The molecule has 5 nitrogen and oxygen atoms in total. The van der Waals surface area contributed by atoms with Gasteiger partial charge in [0.1, 0.15) is 0 Å². The second kappa shape index (κ2) is 8.44. The van der Waals surface area contributed by atoms with Crippen LogP contribution in [-0.2, 0) is 11.3 Å². The van der Waals surface area contributed by atoms with Crippen LogP contribution in [0.15, 0.2) is 16.6 Å². The number of aliphatic carboxylic acids is 1. The zero-order valence-corrected chi connectivity index (χ0v) is 14.7. The van der Waals surface area contributed by atoms with Crippen molar-refractivity contribution >= 4 is 21.9 Å². The molecule has 1 rings (SSSR count). The predicted octanol–water partition coefficient (Wildman–Crippen LogP) is 3.65. The van der Waals surface area contributed by atoms with Gasteiger partial charge in [0.05, 0.1) is 17.0 Å².